The van der Waals surface area contributed by atoms with E-state index in [1.807, 2.05) is 0 Å². The molecular weight excluding hydrogens is 280 g/mol. The highest BCUT2D eigenvalue weighted by Gasteiger charge is 2.18. The first-order valence-corrected chi connectivity index (χ1v) is 7.07. The molecule has 1 fully saturated rings. The second-order valence-corrected chi connectivity index (χ2v) is 5.29. The van der Waals surface area contributed by atoms with E-state index < -0.39 is 6.10 Å². The van der Waals surface area contributed by atoms with Crippen molar-refractivity contribution in [2.45, 2.75) is 19.4 Å². The normalized spacial score (nSPS) is 19.6. The average molecular weight is 299 g/mol. The van der Waals surface area contributed by atoms with E-state index in [2.05, 4.69) is 10.8 Å². The molecule has 110 valence electrons. The van der Waals surface area contributed by atoms with E-state index in [0.29, 0.717) is 23.3 Å². The van der Waals surface area contributed by atoms with Gasteiger partial charge in [-0.3, -0.25) is 9.63 Å². The van der Waals surface area contributed by atoms with E-state index in [4.69, 9.17) is 21.2 Å². The van der Waals surface area contributed by atoms with Crippen molar-refractivity contribution in [3.05, 3.63) is 29.3 Å². The van der Waals surface area contributed by atoms with Crippen molar-refractivity contribution in [3.63, 3.8) is 0 Å². The van der Waals surface area contributed by atoms with Crippen LogP contribution in [0.3, 0.4) is 0 Å². The lowest BCUT2D eigenvalue weighted by molar-refractivity contribution is -0.141. The van der Waals surface area contributed by atoms with Gasteiger partial charge in [-0.05, 0) is 50.1 Å². The largest absolute Gasteiger partial charge is 0.481 e. The first kappa shape index (κ1) is 15.1. The Kier molecular flexibility index (Phi) is 5.64. The molecule has 20 heavy (non-hydrogen) atoms. The van der Waals surface area contributed by atoms with E-state index in [1.165, 1.54) is 0 Å². The minimum atomic E-state index is -0.627. The fourth-order valence-corrected chi connectivity index (χ4v) is 2.07. The Labute approximate surface area is 123 Å². The van der Waals surface area contributed by atoms with Gasteiger partial charge in [0.05, 0.1) is 6.61 Å². The van der Waals surface area contributed by atoms with E-state index in [-0.39, 0.29) is 5.91 Å². The number of benzene rings is 1. The lowest BCUT2D eigenvalue weighted by atomic mass is 10.1. The van der Waals surface area contributed by atoms with Gasteiger partial charge in [-0.15, -0.1) is 0 Å². The zero-order valence-electron chi connectivity index (χ0n) is 11.4. The Hall–Kier alpha value is -1.30. The molecule has 5 nitrogen and oxygen atoms in total. The molecule has 2 N–H and O–H groups in total. The van der Waals surface area contributed by atoms with E-state index >= 15 is 0 Å². The number of hydrogen-bond donors (Lipinski definition) is 2. The van der Waals surface area contributed by atoms with Crippen LogP contribution in [0.5, 0.6) is 5.75 Å². The molecule has 2 rings (SSSR count). The highest BCUT2D eigenvalue weighted by atomic mass is 35.5. The molecule has 1 unspecified atom stereocenters. The summed E-state index contributed by atoms with van der Waals surface area (Å²) in [5.74, 6) is 0.755. The van der Waals surface area contributed by atoms with Crippen LogP contribution < -0.4 is 15.5 Å². The lowest BCUT2D eigenvalue weighted by Crippen LogP contribution is -2.37. The number of carbonyl (C=O) groups is 1. The third-order valence-corrected chi connectivity index (χ3v) is 3.40. The van der Waals surface area contributed by atoms with Gasteiger partial charge in [0.25, 0.3) is 5.91 Å². The monoisotopic (exact) mass is 298 g/mol. The maximum absolute atomic E-state index is 11.8. The summed E-state index contributed by atoms with van der Waals surface area (Å²) >= 11 is 5.78. The summed E-state index contributed by atoms with van der Waals surface area (Å²) in [6, 6.07) is 6.87. The zero-order chi connectivity index (χ0) is 14.4. The van der Waals surface area contributed by atoms with Gasteiger partial charge in [0.2, 0.25) is 0 Å². The quantitative estimate of drug-likeness (QED) is 0.786. The minimum absolute atomic E-state index is 0.300. The van der Waals surface area contributed by atoms with Crippen molar-refractivity contribution in [1.82, 2.24) is 10.8 Å². The molecule has 0 aromatic heterocycles. The number of carbonyl (C=O) groups excluding carboxylic acids is 1. The molecule has 1 aliphatic heterocycles. The van der Waals surface area contributed by atoms with Crippen LogP contribution in [-0.4, -0.2) is 31.7 Å². The number of hydroxylamine groups is 1. The Balaban J connectivity index is 1.69. The number of amides is 1. The molecule has 1 aromatic rings. The van der Waals surface area contributed by atoms with Gasteiger partial charge >= 0.3 is 0 Å². The van der Waals surface area contributed by atoms with Crippen molar-refractivity contribution < 1.29 is 14.4 Å². The second-order valence-electron chi connectivity index (χ2n) is 4.85. The molecule has 6 heteroatoms. The van der Waals surface area contributed by atoms with E-state index in [9.17, 15) is 4.79 Å². The first-order chi connectivity index (χ1) is 9.65. The van der Waals surface area contributed by atoms with Gasteiger partial charge in [0.1, 0.15) is 5.75 Å². The summed E-state index contributed by atoms with van der Waals surface area (Å²) in [6.45, 7) is 4.14. The van der Waals surface area contributed by atoms with Crippen molar-refractivity contribution in [2.75, 3.05) is 19.7 Å². The molecular formula is C14H19ClN2O3. The standard InChI is InChI=1S/C14H19ClN2O3/c1-10(20-13-4-2-12(15)3-5-13)14(18)17-19-9-11-6-7-16-8-11/h2-5,10-11,16H,6-9H2,1H3,(H,17,18)/t10-,11?/m0/s1. The molecule has 0 aliphatic carbocycles. The highest BCUT2D eigenvalue weighted by molar-refractivity contribution is 6.30. The van der Waals surface area contributed by atoms with E-state index in [0.717, 1.165) is 19.5 Å². The number of hydrogen-bond acceptors (Lipinski definition) is 4. The van der Waals surface area contributed by atoms with Crippen LogP contribution in [0, 0.1) is 5.92 Å². The molecule has 1 heterocycles. The molecule has 1 saturated heterocycles. The molecule has 0 spiro atoms. The Morgan fingerprint density at radius 3 is 2.90 bits per heavy atom. The Morgan fingerprint density at radius 2 is 2.25 bits per heavy atom. The number of rotatable bonds is 6. The number of halogens is 1. The van der Waals surface area contributed by atoms with Crippen LogP contribution in [-0.2, 0) is 9.63 Å². The summed E-state index contributed by atoms with van der Waals surface area (Å²) in [4.78, 5) is 17.0. The van der Waals surface area contributed by atoms with Gasteiger partial charge in [-0.1, -0.05) is 11.6 Å². The predicted octanol–water partition coefficient (Wildman–Crippen LogP) is 1.76. The molecule has 1 aliphatic rings. The van der Waals surface area contributed by atoms with Crippen molar-refractivity contribution >= 4 is 17.5 Å². The van der Waals surface area contributed by atoms with Gasteiger partial charge in [0, 0.05) is 11.6 Å². The molecule has 2 atom stereocenters. The van der Waals surface area contributed by atoms with Crippen LogP contribution in [0.1, 0.15) is 13.3 Å². The SMILES string of the molecule is C[C@H](Oc1ccc(Cl)cc1)C(=O)NOCC1CCNC1. The van der Waals surface area contributed by atoms with Crippen LogP contribution >= 0.6 is 11.6 Å². The molecule has 0 radical (unpaired) electrons. The Morgan fingerprint density at radius 1 is 1.50 bits per heavy atom. The smallest absolute Gasteiger partial charge is 0.284 e. The van der Waals surface area contributed by atoms with Gasteiger partial charge in [-0.25, -0.2) is 5.48 Å². The number of ether oxygens (including phenoxy) is 1. The third-order valence-electron chi connectivity index (χ3n) is 3.15. The van der Waals surface area contributed by atoms with Crippen molar-refractivity contribution in [3.8, 4) is 5.75 Å². The topological polar surface area (TPSA) is 59.6 Å². The first-order valence-electron chi connectivity index (χ1n) is 6.69. The van der Waals surface area contributed by atoms with Gasteiger partial charge < -0.3 is 10.1 Å². The van der Waals surface area contributed by atoms with Crippen molar-refractivity contribution in [2.24, 2.45) is 5.92 Å². The van der Waals surface area contributed by atoms with Crippen LogP contribution in [0.15, 0.2) is 24.3 Å². The maximum Gasteiger partial charge on any atom is 0.284 e. The zero-order valence-corrected chi connectivity index (χ0v) is 12.2. The Bertz CT molecular complexity index is 433. The molecule has 0 saturated carbocycles. The van der Waals surface area contributed by atoms with Crippen LogP contribution in [0.2, 0.25) is 5.02 Å². The summed E-state index contributed by atoms with van der Waals surface area (Å²) in [5, 5.41) is 3.87. The predicted molar refractivity (Wildman–Crippen MR) is 76.6 cm³/mol. The highest BCUT2D eigenvalue weighted by Crippen LogP contribution is 2.16. The molecule has 1 aromatic carbocycles. The average Bonchev–Trinajstić information content (AvgIpc) is 2.94. The molecule has 0 bridgehead atoms. The molecule has 1 amide bonds. The van der Waals surface area contributed by atoms with Gasteiger partial charge in [0.15, 0.2) is 6.10 Å². The van der Waals surface area contributed by atoms with E-state index in [1.54, 1.807) is 31.2 Å². The van der Waals surface area contributed by atoms with Crippen LogP contribution in [0.4, 0.5) is 0 Å². The second kappa shape index (κ2) is 7.47. The van der Waals surface area contributed by atoms with Crippen LogP contribution in [0.25, 0.3) is 0 Å². The lowest BCUT2D eigenvalue weighted by Gasteiger charge is -2.15. The number of nitrogens with one attached hydrogen (secondary N) is 2. The summed E-state index contributed by atoms with van der Waals surface area (Å²) in [7, 11) is 0. The fraction of sp³-hybridized carbons (Fsp3) is 0.500. The summed E-state index contributed by atoms with van der Waals surface area (Å²) in [5.41, 5.74) is 2.42. The minimum Gasteiger partial charge on any atom is -0.481 e. The maximum atomic E-state index is 11.8. The van der Waals surface area contributed by atoms with Crippen molar-refractivity contribution in [1.29, 1.82) is 0 Å². The summed E-state index contributed by atoms with van der Waals surface area (Å²) < 4.78 is 5.49. The third kappa shape index (κ3) is 4.67. The summed E-state index contributed by atoms with van der Waals surface area (Å²) in [6.07, 6.45) is 0.449. The fourth-order valence-electron chi connectivity index (χ4n) is 1.94. The van der Waals surface area contributed by atoms with Gasteiger partial charge in [-0.2, -0.15) is 0 Å².